The molecule has 0 heteroatoms. The van der Waals surface area contributed by atoms with Crippen molar-refractivity contribution in [1.29, 1.82) is 0 Å². The van der Waals surface area contributed by atoms with E-state index in [1.807, 2.05) is 5.92 Å². The smallest absolute Gasteiger partial charge is 0.0176 e. The van der Waals surface area contributed by atoms with Gasteiger partial charge in [-0.15, -0.1) is 0 Å². The van der Waals surface area contributed by atoms with E-state index < -0.39 is 0 Å². The summed E-state index contributed by atoms with van der Waals surface area (Å²) >= 11 is 0. The first-order valence-corrected chi connectivity index (χ1v) is 5.79. The van der Waals surface area contributed by atoms with Crippen molar-refractivity contribution in [3.63, 3.8) is 0 Å². The van der Waals surface area contributed by atoms with Gasteiger partial charge in [-0.3, -0.25) is 0 Å². The summed E-state index contributed by atoms with van der Waals surface area (Å²) in [6.07, 6.45) is 12.3. The van der Waals surface area contributed by atoms with Crippen LogP contribution in [0.3, 0.4) is 0 Å². The van der Waals surface area contributed by atoms with Crippen molar-refractivity contribution in [2.45, 2.75) is 51.4 Å². The van der Waals surface area contributed by atoms with Crippen LogP contribution in [0.4, 0.5) is 0 Å². The molecule has 3 rings (SSSR count). The third-order valence-electron chi connectivity index (χ3n) is 4.47. The zero-order valence-corrected chi connectivity index (χ0v) is 7.89. The SMILES string of the molecule is C1CCC([C]2CC3CCC2C3)C1. The Balaban J connectivity index is 1.69. The molecule has 3 saturated carbocycles. The highest BCUT2D eigenvalue weighted by Gasteiger charge is 2.43. The average Bonchev–Trinajstić information content (AvgIpc) is 2.81. The standard InChI is InChI=1S/C12H19/c1-2-4-10(3-1)12-8-9-5-6-11(12)7-9/h9-11H,1-8H2. The molecule has 1 radical (unpaired) electrons. The molecular formula is C12H19. The van der Waals surface area contributed by atoms with Crippen molar-refractivity contribution in [3.05, 3.63) is 5.92 Å². The van der Waals surface area contributed by atoms with Crippen molar-refractivity contribution >= 4 is 0 Å². The van der Waals surface area contributed by atoms with Gasteiger partial charge < -0.3 is 0 Å². The fourth-order valence-corrected chi connectivity index (χ4v) is 3.89. The van der Waals surface area contributed by atoms with Gasteiger partial charge in [-0.05, 0) is 55.8 Å². The molecule has 2 unspecified atom stereocenters. The maximum atomic E-state index is 2.02. The largest absolute Gasteiger partial charge is 0.0530 e. The third kappa shape index (κ3) is 1.03. The van der Waals surface area contributed by atoms with Crippen molar-refractivity contribution in [3.8, 4) is 0 Å². The summed E-state index contributed by atoms with van der Waals surface area (Å²) in [5.41, 5.74) is 0. The number of hydrogen-bond acceptors (Lipinski definition) is 0. The monoisotopic (exact) mass is 163 g/mol. The predicted octanol–water partition coefficient (Wildman–Crippen LogP) is 3.57. The van der Waals surface area contributed by atoms with Crippen LogP contribution in [0.5, 0.6) is 0 Å². The highest BCUT2D eigenvalue weighted by atomic mass is 14.5. The molecule has 3 aliphatic rings. The summed E-state index contributed by atoms with van der Waals surface area (Å²) in [6.45, 7) is 0. The van der Waals surface area contributed by atoms with Gasteiger partial charge in [-0.25, -0.2) is 0 Å². The molecule has 0 spiro atoms. The van der Waals surface area contributed by atoms with Gasteiger partial charge >= 0.3 is 0 Å². The molecule has 0 amide bonds. The molecule has 67 valence electrons. The summed E-state index contributed by atoms with van der Waals surface area (Å²) in [6, 6.07) is 0. The lowest BCUT2D eigenvalue weighted by atomic mass is 9.78. The molecule has 0 aromatic rings. The number of rotatable bonds is 1. The molecule has 0 saturated heterocycles. The Morgan fingerprint density at radius 3 is 2.25 bits per heavy atom. The van der Waals surface area contributed by atoms with Crippen LogP contribution >= 0.6 is 0 Å². The molecule has 0 N–H and O–H groups in total. The first-order chi connectivity index (χ1) is 5.93. The van der Waals surface area contributed by atoms with Crippen molar-refractivity contribution in [1.82, 2.24) is 0 Å². The quantitative estimate of drug-likeness (QED) is 0.554. The van der Waals surface area contributed by atoms with E-state index in [1.165, 1.54) is 19.3 Å². The van der Waals surface area contributed by atoms with E-state index in [4.69, 9.17) is 0 Å². The van der Waals surface area contributed by atoms with E-state index in [0.717, 1.165) is 17.8 Å². The van der Waals surface area contributed by atoms with Gasteiger partial charge in [0.05, 0.1) is 0 Å². The highest BCUT2D eigenvalue weighted by Crippen LogP contribution is 2.55. The van der Waals surface area contributed by atoms with Gasteiger partial charge in [0.25, 0.3) is 0 Å². The molecule has 3 fully saturated rings. The van der Waals surface area contributed by atoms with Crippen LogP contribution < -0.4 is 0 Å². The zero-order chi connectivity index (χ0) is 7.97. The average molecular weight is 163 g/mol. The van der Waals surface area contributed by atoms with Gasteiger partial charge in [-0.2, -0.15) is 0 Å². The molecule has 12 heavy (non-hydrogen) atoms. The molecule has 0 nitrogen and oxygen atoms in total. The molecule has 0 heterocycles. The maximum Gasteiger partial charge on any atom is -0.0176 e. The van der Waals surface area contributed by atoms with Gasteiger partial charge in [-0.1, -0.05) is 19.3 Å². The minimum atomic E-state index is 1.08. The second-order valence-corrected chi connectivity index (χ2v) is 5.14. The normalized spacial score (nSPS) is 43.0. The van der Waals surface area contributed by atoms with E-state index in [2.05, 4.69) is 0 Å². The molecule has 0 aromatic carbocycles. The Hall–Kier alpha value is 0. The fourth-order valence-electron chi connectivity index (χ4n) is 3.89. The first-order valence-electron chi connectivity index (χ1n) is 5.79. The van der Waals surface area contributed by atoms with E-state index in [9.17, 15) is 0 Å². The van der Waals surface area contributed by atoms with Gasteiger partial charge in [0.1, 0.15) is 0 Å². The van der Waals surface area contributed by atoms with Crippen molar-refractivity contribution < 1.29 is 0 Å². The Labute approximate surface area is 75.7 Å². The van der Waals surface area contributed by atoms with Crippen LogP contribution in [0.25, 0.3) is 0 Å². The topological polar surface area (TPSA) is 0 Å². The Bertz CT molecular complexity index is 167. The van der Waals surface area contributed by atoms with Gasteiger partial charge in [0, 0.05) is 0 Å². The fraction of sp³-hybridized carbons (Fsp3) is 0.917. The predicted molar refractivity (Wildman–Crippen MR) is 50.6 cm³/mol. The summed E-state index contributed by atoms with van der Waals surface area (Å²) in [4.78, 5) is 0. The Kier molecular flexibility index (Phi) is 1.70. The van der Waals surface area contributed by atoms with Gasteiger partial charge in [0.15, 0.2) is 0 Å². The molecule has 0 aliphatic heterocycles. The second-order valence-electron chi connectivity index (χ2n) is 5.14. The number of fused-ring (bicyclic) bond motifs is 2. The zero-order valence-electron chi connectivity index (χ0n) is 7.89. The molecule has 2 bridgehead atoms. The lowest BCUT2D eigenvalue weighted by Gasteiger charge is -2.26. The van der Waals surface area contributed by atoms with E-state index in [0.29, 0.717) is 0 Å². The van der Waals surface area contributed by atoms with Crippen LogP contribution in [0.15, 0.2) is 0 Å². The minimum absolute atomic E-state index is 1.08. The van der Waals surface area contributed by atoms with Crippen LogP contribution in [0.1, 0.15) is 51.4 Å². The number of hydrogen-bond donors (Lipinski definition) is 0. The summed E-state index contributed by atoms with van der Waals surface area (Å²) in [5, 5.41) is 0. The van der Waals surface area contributed by atoms with Crippen LogP contribution in [0.2, 0.25) is 0 Å². The Morgan fingerprint density at radius 1 is 0.833 bits per heavy atom. The maximum absolute atomic E-state index is 2.02. The molecule has 0 aromatic heterocycles. The van der Waals surface area contributed by atoms with E-state index >= 15 is 0 Å². The van der Waals surface area contributed by atoms with Gasteiger partial charge in [0.2, 0.25) is 0 Å². The van der Waals surface area contributed by atoms with Crippen LogP contribution in [-0.4, -0.2) is 0 Å². The molecule has 3 aliphatic carbocycles. The molecular weight excluding hydrogens is 144 g/mol. The minimum Gasteiger partial charge on any atom is -0.0530 e. The summed E-state index contributed by atoms with van der Waals surface area (Å²) in [5.74, 6) is 5.33. The van der Waals surface area contributed by atoms with E-state index in [1.54, 1.807) is 32.1 Å². The second kappa shape index (κ2) is 2.75. The van der Waals surface area contributed by atoms with Crippen molar-refractivity contribution in [2.75, 3.05) is 0 Å². The highest BCUT2D eigenvalue weighted by molar-refractivity contribution is 5.12. The molecule has 2 atom stereocenters. The lowest BCUT2D eigenvalue weighted by Crippen LogP contribution is -2.16. The van der Waals surface area contributed by atoms with Crippen molar-refractivity contribution in [2.24, 2.45) is 17.8 Å². The van der Waals surface area contributed by atoms with Crippen LogP contribution in [0, 0.1) is 23.7 Å². The lowest BCUT2D eigenvalue weighted by molar-refractivity contribution is 0.405. The third-order valence-corrected chi connectivity index (χ3v) is 4.47. The Morgan fingerprint density at radius 2 is 1.67 bits per heavy atom. The first kappa shape index (κ1) is 7.41. The summed E-state index contributed by atoms with van der Waals surface area (Å²) < 4.78 is 0. The summed E-state index contributed by atoms with van der Waals surface area (Å²) in [7, 11) is 0. The van der Waals surface area contributed by atoms with Crippen LogP contribution in [-0.2, 0) is 0 Å². The van der Waals surface area contributed by atoms with E-state index in [-0.39, 0.29) is 0 Å².